The van der Waals surface area contributed by atoms with E-state index in [0.29, 0.717) is 52.9 Å². The molecule has 1 fully saturated rings. The Morgan fingerprint density at radius 3 is 2.05 bits per heavy atom. The maximum absolute atomic E-state index is 5.86. The Labute approximate surface area is 126 Å². The summed E-state index contributed by atoms with van der Waals surface area (Å²) in [5.74, 6) is 0. The molecule has 0 radical (unpaired) electrons. The molecular weight excluding hydrogens is 272 g/mol. The molecule has 2 rings (SSSR count). The highest BCUT2D eigenvalue weighted by Gasteiger charge is 2.21. The molecular formula is C16H26O5. The van der Waals surface area contributed by atoms with E-state index in [9.17, 15) is 0 Å². The predicted molar refractivity (Wildman–Crippen MR) is 79.5 cm³/mol. The Morgan fingerprint density at radius 2 is 1.33 bits per heavy atom. The Morgan fingerprint density at radius 1 is 0.762 bits per heavy atom. The summed E-state index contributed by atoms with van der Waals surface area (Å²) in [7, 11) is 0. The lowest BCUT2D eigenvalue weighted by Crippen LogP contribution is -2.32. The first-order valence-corrected chi connectivity index (χ1v) is 7.69. The van der Waals surface area contributed by atoms with Crippen LogP contribution in [0.3, 0.4) is 0 Å². The smallest absolute Gasteiger partial charge is 0.106 e. The number of allylic oxidation sites excluding steroid dienone is 2. The Balaban J connectivity index is 1.80. The van der Waals surface area contributed by atoms with E-state index in [4.69, 9.17) is 23.7 Å². The largest absolute Gasteiger partial charge is 0.379 e. The topological polar surface area (TPSA) is 46.2 Å². The van der Waals surface area contributed by atoms with Crippen molar-refractivity contribution >= 4 is 0 Å². The van der Waals surface area contributed by atoms with E-state index in [0.717, 1.165) is 6.42 Å². The maximum atomic E-state index is 5.86. The Bertz CT molecular complexity index is 340. The fourth-order valence-corrected chi connectivity index (χ4v) is 2.23. The molecule has 120 valence electrons. The predicted octanol–water partition coefficient (Wildman–Crippen LogP) is 1.73. The molecule has 0 amide bonds. The third kappa shape index (κ3) is 6.72. The summed E-state index contributed by atoms with van der Waals surface area (Å²) >= 11 is 0. The van der Waals surface area contributed by atoms with Crippen LogP contribution in [0.15, 0.2) is 23.8 Å². The first-order valence-electron chi connectivity index (χ1n) is 7.69. The maximum Gasteiger partial charge on any atom is 0.106 e. The van der Waals surface area contributed by atoms with Gasteiger partial charge in [-0.2, -0.15) is 0 Å². The normalized spacial score (nSPS) is 30.4. The number of fused-ring (bicyclic) bond motifs is 1. The van der Waals surface area contributed by atoms with Crippen molar-refractivity contribution in [2.75, 3.05) is 52.9 Å². The van der Waals surface area contributed by atoms with Gasteiger partial charge in [0.05, 0.1) is 39.6 Å². The SMILES string of the molecule is CC1=CC2OCCOCCOCCCOCCOC2C=C1. The van der Waals surface area contributed by atoms with Gasteiger partial charge in [0.1, 0.15) is 12.2 Å². The minimum absolute atomic E-state index is 0.0476. The third-order valence-corrected chi connectivity index (χ3v) is 3.33. The zero-order valence-electron chi connectivity index (χ0n) is 12.8. The number of hydrogen-bond donors (Lipinski definition) is 0. The molecule has 2 aliphatic rings. The zero-order valence-corrected chi connectivity index (χ0v) is 12.8. The second kappa shape index (κ2) is 10.1. The van der Waals surface area contributed by atoms with E-state index in [1.54, 1.807) is 0 Å². The van der Waals surface area contributed by atoms with Crippen molar-refractivity contribution in [3.8, 4) is 0 Å². The molecule has 0 aromatic rings. The summed E-state index contributed by atoms with van der Waals surface area (Å²) in [6, 6.07) is 0. The van der Waals surface area contributed by atoms with Crippen molar-refractivity contribution in [1.29, 1.82) is 0 Å². The summed E-state index contributed by atoms with van der Waals surface area (Å²) in [4.78, 5) is 0. The molecule has 0 aromatic carbocycles. The van der Waals surface area contributed by atoms with Gasteiger partial charge in [-0.3, -0.25) is 0 Å². The van der Waals surface area contributed by atoms with Gasteiger partial charge in [-0.1, -0.05) is 23.8 Å². The van der Waals surface area contributed by atoms with Crippen LogP contribution in [-0.2, 0) is 23.7 Å². The summed E-state index contributed by atoms with van der Waals surface area (Å²) in [6.07, 6.45) is 7.01. The van der Waals surface area contributed by atoms with Crippen molar-refractivity contribution in [3.05, 3.63) is 23.8 Å². The van der Waals surface area contributed by atoms with E-state index >= 15 is 0 Å². The van der Waals surface area contributed by atoms with Gasteiger partial charge in [-0.15, -0.1) is 0 Å². The van der Waals surface area contributed by atoms with E-state index in [2.05, 4.69) is 25.2 Å². The summed E-state index contributed by atoms with van der Waals surface area (Å²) in [5, 5.41) is 0. The number of rotatable bonds is 0. The van der Waals surface area contributed by atoms with E-state index < -0.39 is 0 Å². The van der Waals surface area contributed by atoms with Gasteiger partial charge >= 0.3 is 0 Å². The van der Waals surface area contributed by atoms with Crippen LogP contribution in [0.25, 0.3) is 0 Å². The lowest BCUT2D eigenvalue weighted by atomic mass is 10.0. The first-order chi connectivity index (χ1) is 10.4. The van der Waals surface area contributed by atoms with Crippen LogP contribution in [0.2, 0.25) is 0 Å². The molecule has 1 aliphatic carbocycles. The minimum atomic E-state index is -0.0530. The molecule has 2 atom stereocenters. The van der Waals surface area contributed by atoms with Gasteiger partial charge < -0.3 is 23.7 Å². The second-order valence-electron chi connectivity index (χ2n) is 5.13. The zero-order chi connectivity index (χ0) is 14.8. The van der Waals surface area contributed by atoms with Crippen LogP contribution in [0.4, 0.5) is 0 Å². The van der Waals surface area contributed by atoms with Crippen LogP contribution >= 0.6 is 0 Å². The quantitative estimate of drug-likeness (QED) is 0.681. The fourth-order valence-electron chi connectivity index (χ4n) is 2.23. The highest BCUT2D eigenvalue weighted by Crippen LogP contribution is 2.17. The van der Waals surface area contributed by atoms with Crippen molar-refractivity contribution < 1.29 is 23.7 Å². The van der Waals surface area contributed by atoms with Crippen LogP contribution in [0.1, 0.15) is 13.3 Å². The average molecular weight is 298 g/mol. The Kier molecular flexibility index (Phi) is 7.99. The van der Waals surface area contributed by atoms with Gasteiger partial charge in [0.15, 0.2) is 0 Å². The highest BCUT2D eigenvalue weighted by atomic mass is 16.6. The molecule has 5 nitrogen and oxygen atoms in total. The van der Waals surface area contributed by atoms with Crippen molar-refractivity contribution in [2.45, 2.75) is 25.6 Å². The number of ether oxygens (including phenoxy) is 5. The molecule has 5 heteroatoms. The van der Waals surface area contributed by atoms with E-state index in [-0.39, 0.29) is 12.2 Å². The number of hydrogen-bond acceptors (Lipinski definition) is 5. The minimum Gasteiger partial charge on any atom is -0.379 e. The monoisotopic (exact) mass is 298 g/mol. The Hall–Kier alpha value is -0.720. The van der Waals surface area contributed by atoms with Gasteiger partial charge in [0.2, 0.25) is 0 Å². The molecule has 1 aliphatic heterocycles. The van der Waals surface area contributed by atoms with Crippen LogP contribution in [-0.4, -0.2) is 65.1 Å². The fraction of sp³-hybridized carbons (Fsp3) is 0.750. The highest BCUT2D eigenvalue weighted by molar-refractivity contribution is 5.25. The van der Waals surface area contributed by atoms with Crippen molar-refractivity contribution in [1.82, 2.24) is 0 Å². The van der Waals surface area contributed by atoms with Gasteiger partial charge in [0.25, 0.3) is 0 Å². The lowest BCUT2D eigenvalue weighted by molar-refractivity contribution is -0.0655. The summed E-state index contributed by atoms with van der Waals surface area (Å²) in [5.41, 5.74) is 1.19. The van der Waals surface area contributed by atoms with Crippen LogP contribution < -0.4 is 0 Å². The van der Waals surface area contributed by atoms with Crippen LogP contribution in [0.5, 0.6) is 0 Å². The summed E-state index contributed by atoms with van der Waals surface area (Å²) in [6.45, 7) is 6.99. The summed E-state index contributed by atoms with van der Waals surface area (Å²) < 4.78 is 28.1. The standard InChI is InChI=1S/C16H26O5/c1-14-3-4-15-16(13-14)21-12-10-19-8-7-17-5-2-6-18-9-11-20-15/h3-4,13,15-16H,2,5-12H2,1H3. The molecule has 0 aromatic heterocycles. The lowest BCUT2D eigenvalue weighted by Gasteiger charge is -2.26. The molecule has 0 saturated carbocycles. The average Bonchev–Trinajstić information content (AvgIpc) is 2.48. The first kappa shape index (κ1) is 16.6. The third-order valence-electron chi connectivity index (χ3n) is 3.33. The van der Waals surface area contributed by atoms with Gasteiger partial charge in [0, 0.05) is 13.2 Å². The van der Waals surface area contributed by atoms with Gasteiger partial charge in [-0.25, -0.2) is 0 Å². The van der Waals surface area contributed by atoms with Crippen molar-refractivity contribution in [2.24, 2.45) is 0 Å². The molecule has 0 spiro atoms. The molecule has 0 bridgehead atoms. The molecule has 0 N–H and O–H groups in total. The second-order valence-corrected chi connectivity index (χ2v) is 5.13. The van der Waals surface area contributed by atoms with Gasteiger partial charge in [-0.05, 0) is 13.3 Å². The van der Waals surface area contributed by atoms with E-state index in [1.165, 1.54) is 5.57 Å². The van der Waals surface area contributed by atoms with Crippen molar-refractivity contribution in [3.63, 3.8) is 0 Å². The molecule has 2 unspecified atom stereocenters. The molecule has 1 heterocycles. The molecule has 1 saturated heterocycles. The van der Waals surface area contributed by atoms with E-state index in [1.807, 2.05) is 0 Å². The van der Waals surface area contributed by atoms with Crippen LogP contribution in [0, 0.1) is 0 Å². The molecule has 21 heavy (non-hydrogen) atoms.